The third kappa shape index (κ3) is 4.36. The molecule has 35 heavy (non-hydrogen) atoms. The number of nitrogens with zero attached hydrogens (tertiary/aromatic N) is 4. The highest BCUT2D eigenvalue weighted by molar-refractivity contribution is 6.06. The van der Waals surface area contributed by atoms with Crippen molar-refractivity contribution < 1.29 is 14.3 Å². The highest BCUT2D eigenvalue weighted by Crippen LogP contribution is 2.35. The van der Waals surface area contributed by atoms with Gasteiger partial charge in [-0.25, -0.2) is 19.7 Å². The van der Waals surface area contributed by atoms with Crippen LogP contribution < -0.4 is 10.1 Å². The van der Waals surface area contributed by atoms with Crippen molar-refractivity contribution in [3.05, 3.63) is 47.8 Å². The van der Waals surface area contributed by atoms with E-state index in [1.807, 2.05) is 32.0 Å². The van der Waals surface area contributed by atoms with Crippen LogP contribution in [-0.4, -0.2) is 49.7 Å². The Bertz CT molecular complexity index is 1340. The number of carbonyl (C=O) groups is 1. The molecular weight excluding hydrogens is 444 g/mol. The maximum Gasteiger partial charge on any atom is 0.340 e. The molecule has 1 unspecified atom stereocenters. The molecule has 0 radical (unpaired) electrons. The SMILES string of the molecule is CCCCn1c(C)c(C(=O)OCC)c2cc(O[C@@H](c3ncnc4[nH]cnc34)C3CCCN3)ccc21. The molecule has 0 bridgehead atoms. The van der Waals surface area contributed by atoms with Crippen LogP contribution >= 0.6 is 0 Å². The number of nitrogens with one attached hydrogen (secondary N) is 2. The van der Waals surface area contributed by atoms with Crippen LogP contribution in [0.4, 0.5) is 0 Å². The van der Waals surface area contributed by atoms with Gasteiger partial charge >= 0.3 is 5.97 Å². The molecule has 9 nitrogen and oxygen atoms in total. The molecule has 1 aliphatic heterocycles. The van der Waals surface area contributed by atoms with Gasteiger partial charge < -0.3 is 24.3 Å². The zero-order valence-corrected chi connectivity index (χ0v) is 20.5. The summed E-state index contributed by atoms with van der Waals surface area (Å²) >= 11 is 0. The van der Waals surface area contributed by atoms with Gasteiger partial charge in [-0.3, -0.25) is 0 Å². The van der Waals surface area contributed by atoms with Crippen molar-refractivity contribution in [1.29, 1.82) is 0 Å². The van der Waals surface area contributed by atoms with Crippen molar-refractivity contribution in [2.45, 2.75) is 65.1 Å². The molecule has 1 saturated heterocycles. The Morgan fingerprint density at radius 3 is 2.91 bits per heavy atom. The van der Waals surface area contributed by atoms with Crippen LogP contribution in [0.15, 0.2) is 30.9 Å². The average Bonchev–Trinajstić information content (AvgIpc) is 3.60. The van der Waals surface area contributed by atoms with Crippen molar-refractivity contribution in [2.75, 3.05) is 13.2 Å². The number of esters is 1. The topological polar surface area (TPSA) is 107 Å². The molecule has 3 aromatic heterocycles. The van der Waals surface area contributed by atoms with E-state index >= 15 is 0 Å². The predicted molar refractivity (Wildman–Crippen MR) is 134 cm³/mol. The number of fused-ring (bicyclic) bond motifs is 2. The molecule has 0 spiro atoms. The molecular formula is C26H32N6O3. The molecule has 0 saturated carbocycles. The summed E-state index contributed by atoms with van der Waals surface area (Å²) in [5.41, 5.74) is 4.69. The average molecular weight is 477 g/mol. The van der Waals surface area contributed by atoms with Crippen molar-refractivity contribution in [3.63, 3.8) is 0 Å². The van der Waals surface area contributed by atoms with Gasteiger partial charge in [-0.2, -0.15) is 0 Å². The second-order valence-electron chi connectivity index (χ2n) is 8.96. The van der Waals surface area contributed by atoms with Gasteiger partial charge in [0.05, 0.1) is 24.5 Å². The lowest BCUT2D eigenvalue weighted by atomic mass is 10.0. The molecule has 4 aromatic rings. The number of unbranched alkanes of at least 4 members (excludes halogenated alkanes) is 1. The van der Waals surface area contributed by atoms with E-state index in [4.69, 9.17) is 9.47 Å². The predicted octanol–water partition coefficient (Wildman–Crippen LogP) is 4.46. The van der Waals surface area contributed by atoms with Crippen LogP contribution in [0.3, 0.4) is 0 Å². The number of aryl methyl sites for hydroxylation is 1. The zero-order chi connectivity index (χ0) is 24.4. The largest absolute Gasteiger partial charge is 0.482 e. The summed E-state index contributed by atoms with van der Waals surface area (Å²) in [5.74, 6) is 0.377. The Kier molecular flexibility index (Phi) is 6.68. The summed E-state index contributed by atoms with van der Waals surface area (Å²) in [4.78, 5) is 29.3. The van der Waals surface area contributed by atoms with Gasteiger partial charge in [-0.05, 0) is 57.9 Å². The third-order valence-corrected chi connectivity index (χ3v) is 6.75. The highest BCUT2D eigenvalue weighted by Gasteiger charge is 2.32. The molecule has 4 heterocycles. The fraction of sp³-hybridized carbons (Fsp3) is 0.462. The first-order valence-corrected chi connectivity index (χ1v) is 12.5. The summed E-state index contributed by atoms with van der Waals surface area (Å²) in [5, 5.41) is 4.40. The first kappa shape index (κ1) is 23.3. The summed E-state index contributed by atoms with van der Waals surface area (Å²) in [6.45, 7) is 8.10. The fourth-order valence-corrected chi connectivity index (χ4v) is 5.04. The van der Waals surface area contributed by atoms with Crippen LogP contribution in [0, 0.1) is 6.92 Å². The van der Waals surface area contributed by atoms with E-state index in [1.165, 1.54) is 0 Å². The number of carbonyl (C=O) groups excluding carboxylic acids is 1. The Morgan fingerprint density at radius 2 is 2.14 bits per heavy atom. The van der Waals surface area contributed by atoms with E-state index in [0.29, 0.717) is 29.1 Å². The van der Waals surface area contributed by atoms with Crippen molar-refractivity contribution in [2.24, 2.45) is 0 Å². The lowest BCUT2D eigenvalue weighted by Crippen LogP contribution is -2.33. The van der Waals surface area contributed by atoms with Gasteiger partial charge in [0.25, 0.3) is 0 Å². The van der Waals surface area contributed by atoms with Crippen LogP contribution in [0.1, 0.15) is 67.4 Å². The van der Waals surface area contributed by atoms with E-state index in [1.54, 1.807) is 12.7 Å². The van der Waals surface area contributed by atoms with E-state index in [9.17, 15) is 4.79 Å². The van der Waals surface area contributed by atoms with Crippen LogP contribution in [0.5, 0.6) is 5.75 Å². The molecule has 1 fully saturated rings. The van der Waals surface area contributed by atoms with Crippen molar-refractivity contribution >= 4 is 28.0 Å². The summed E-state index contributed by atoms with van der Waals surface area (Å²) in [6.07, 6.45) is 6.98. The monoisotopic (exact) mass is 476 g/mol. The second-order valence-corrected chi connectivity index (χ2v) is 8.96. The number of aromatic nitrogens is 5. The number of hydrogen-bond acceptors (Lipinski definition) is 7. The van der Waals surface area contributed by atoms with Gasteiger partial charge in [-0.1, -0.05) is 13.3 Å². The Morgan fingerprint density at radius 1 is 1.26 bits per heavy atom. The fourth-order valence-electron chi connectivity index (χ4n) is 5.04. The smallest absolute Gasteiger partial charge is 0.340 e. The van der Waals surface area contributed by atoms with Crippen molar-refractivity contribution in [1.82, 2.24) is 29.8 Å². The van der Waals surface area contributed by atoms with E-state index in [-0.39, 0.29) is 18.1 Å². The molecule has 2 N–H and O–H groups in total. The van der Waals surface area contributed by atoms with E-state index < -0.39 is 0 Å². The number of H-pyrrole nitrogens is 1. The van der Waals surface area contributed by atoms with Crippen molar-refractivity contribution in [3.8, 4) is 5.75 Å². The second kappa shape index (κ2) is 10.0. The lowest BCUT2D eigenvalue weighted by molar-refractivity contribution is 0.0527. The minimum Gasteiger partial charge on any atom is -0.482 e. The summed E-state index contributed by atoms with van der Waals surface area (Å²) in [7, 11) is 0. The van der Waals surface area contributed by atoms with E-state index in [0.717, 1.165) is 61.1 Å². The first-order chi connectivity index (χ1) is 17.1. The number of benzene rings is 1. The third-order valence-electron chi connectivity index (χ3n) is 6.75. The van der Waals surface area contributed by atoms with Gasteiger partial charge in [0.2, 0.25) is 0 Å². The maximum absolute atomic E-state index is 12.9. The summed E-state index contributed by atoms with van der Waals surface area (Å²) in [6, 6.07) is 6.08. The minimum atomic E-state index is -0.349. The van der Waals surface area contributed by atoms with Gasteiger partial charge in [0.1, 0.15) is 23.3 Å². The number of hydrogen-bond donors (Lipinski definition) is 2. The van der Waals surface area contributed by atoms with Gasteiger partial charge in [0, 0.05) is 23.1 Å². The number of ether oxygens (including phenoxy) is 2. The number of aromatic amines is 1. The maximum atomic E-state index is 12.9. The minimum absolute atomic E-state index is 0.0981. The Labute approximate surface area is 204 Å². The quantitative estimate of drug-likeness (QED) is 0.343. The molecule has 2 atom stereocenters. The number of rotatable bonds is 9. The van der Waals surface area contributed by atoms with E-state index in [2.05, 4.69) is 36.7 Å². The molecule has 5 rings (SSSR count). The Balaban J connectivity index is 1.58. The van der Waals surface area contributed by atoms with Crippen LogP contribution in [-0.2, 0) is 11.3 Å². The van der Waals surface area contributed by atoms with Crippen LogP contribution in [0.25, 0.3) is 22.1 Å². The van der Waals surface area contributed by atoms with Crippen LogP contribution in [0.2, 0.25) is 0 Å². The van der Waals surface area contributed by atoms with Gasteiger partial charge in [0.15, 0.2) is 11.8 Å². The molecule has 1 aliphatic rings. The summed E-state index contributed by atoms with van der Waals surface area (Å²) < 4.78 is 14.3. The standard InChI is InChI=1S/C26H32N6O3/c1-4-6-12-32-16(3)21(26(33)34-5-2)18-13-17(9-10-20(18)32)35-24(19-8-7-11-27-19)22-23-25(30-14-28-22)31-15-29-23/h9-10,13-15,19,24,27H,4-8,11-12H2,1-3H3,(H,28,29,30,31)/t19?,24-/m1/s1. The normalized spacial score (nSPS) is 16.7. The Hall–Kier alpha value is -3.46. The zero-order valence-electron chi connectivity index (χ0n) is 20.5. The number of imidazole rings is 1. The highest BCUT2D eigenvalue weighted by atomic mass is 16.5. The molecule has 1 aromatic carbocycles. The molecule has 0 amide bonds. The first-order valence-electron chi connectivity index (χ1n) is 12.5. The van der Waals surface area contributed by atoms with Gasteiger partial charge in [-0.15, -0.1) is 0 Å². The molecule has 184 valence electrons. The lowest BCUT2D eigenvalue weighted by Gasteiger charge is -2.25. The molecule has 9 heteroatoms. The molecule has 0 aliphatic carbocycles.